The van der Waals surface area contributed by atoms with E-state index >= 15 is 0 Å². The van der Waals surface area contributed by atoms with Crippen LogP contribution in [0.3, 0.4) is 0 Å². The summed E-state index contributed by atoms with van der Waals surface area (Å²) < 4.78 is 181. The maximum Gasteiger partial charge on any atom is 0.416 e. The third kappa shape index (κ3) is 11.6. The highest BCUT2D eigenvalue weighted by Crippen LogP contribution is 2.43. The lowest BCUT2D eigenvalue weighted by molar-refractivity contribution is -0.151. The Morgan fingerprint density at radius 3 is 1.03 bits per heavy atom. The van der Waals surface area contributed by atoms with E-state index in [9.17, 15) is 52.7 Å². The zero-order chi connectivity index (χ0) is 44.2. The molecule has 0 unspecified atom stereocenters. The fourth-order valence-electron chi connectivity index (χ4n) is 7.17. The van der Waals surface area contributed by atoms with Crippen molar-refractivity contribution < 1.29 is 71.6 Å². The van der Waals surface area contributed by atoms with Crippen LogP contribution < -0.4 is 11.5 Å². The Kier molecular flexibility index (Phi) is 14.7. The minimum atomic E-state index is -4.92. The third-order valence-electron chi connectivity index (χ3n) is 10.4. The lowest BCUT2D eigenvalue weighted by Crippen LogP contribution is -2.26. The largest absolute Gasteiger partial charge is 0.416 e. The van der Waals surface area contributed by atoms with E-state index in [-0.39, 0.29) is 60.1 Å². The summed E-state index contributed by atoms with van der Waals surface area (Å²) in [5.74, 6) is -0.744. The summed E-state index contributed by atoms with van der Waals surface area (Å²) in [6.45, 7) is 3.96. The molecule has 2 aliphatic rings. The summed E-state index contributed by atoms with van der Waals surface area (Å²) in [6, 6.07) is 21.3. The molecule has 6 nitrogen and oxygen atoms in total. The molecule has 0 radical (unpaired) electrons. The molecule has 0 saturated carbocycles. The van der Waals surface area contributed by atoms with E-state index in [1.807, 2.05) is 60.7 Å². The SMILES string of the molecule is C[C@@H](O[C@H]1OC[C@H](CN)[C@H]1c1ccccc1)c1cc(C(F)(F)F)cc(C(F)(F)F)c1.C[C@H](O[C@H]1OC[C@H](CN)[C@H]1c1ccccc1)c1cc(C(F)(F)F)cc(C(F)(F)F)c1. The van der Waals surface area contributed by atoms with Gasteiger partial charge in [-0.25, -0.2) is 0 Å². The highest BCUT2D eigenvalue weighted by Gasteiger charge is 2.43. The zero-order valence-electron chi connectivity index (χ0n) is 32.0. The number of hydrogen-bond acceptors (Lipinski definition) is 6. The summed E-state index contributed by atoms with van der Waals surface area (Å²) in [6.07, 6.45) is -23.5. The average Bonchev–Trinajstić information content (AvgIpc) is 3.80. The van der Waals surface area contributed by atoms with Crippen LogP contribution in [0.15, 0.2) is 97.1 Å². The Morgan fingerprint density at radius 2 is 0.783 bits per heavy atom. The van der Waals surface area contributed by atoms with Crippen LogP contribution in [0, 0.1) is 11.8 Å². The van der Waals surface area contributed by atoms with Gasteiger partial charge in [-0.2, -0.15) is 52.7 Å². The standard InChI is InChI=1S/2C21H21F6NO2/c2*1-12(14-7-16(20(22,23)24)9-17(8-14)21(25,26)27)30-19-18(15(10-28)11-29-19)13-5-3-2-4-6-13/h2*2-9,12,15,18-19H,10-11,28H2,1H3/t12-,15+,18-,19-;12-,15-,18+,19+/m10/s1. The van der Waals surface area contributed by atoms with Gasteiger partial charge >= 0.3 is 24.7 Å². The van der Waals surface area contributed by atoms with E-state index < -0.39 is 71.7 Å². The molecule has 2 fully saturated rings. The quantitative estimate of drug-likeness (QED) is 0.154. The molecule has 0 spiro atoms. The number of nitrogens with two attached hydrogens (primary N) is 2. The predicted octanol–water partition coefficient (Wildman–Crippen LogP) is 11.0. The molecule has 18 heteroatoms. The van der Waals surface area contributed by atoms with E-state index in [2.05, 4.69) is 0 Å². The number of rotatable bonds is 10. The minimum Gasteiger partial charge on any atom is -0.352 e. The van der Waals surface area contributed by atoms with Crippen molar-refractivity contribution in [1.82, 2.24) is 0 Å². The van der Waals surface area contributed by atoms with Crippen LogP contribution in [0.1, 0.15) is 82.4 Å². The van der Waals surface area contributed by atoms with Gasteiger partial charge in [0.15, 0.2) is 12.6 Å². The van der Waals surface area contributed by atoms with Gasteiger partial charge in [-0.05, 0) is 85.6 Å². The molecular formula is C42H42F12N2O4. The summed E-state index contributed by atoms with van der Waals surface area (Å²) in [5, 5.41) is 0. The van der Waals surface area contributed by atoms with Gasteiger partial charge in [0.05, 0.1) is 47.7 Å². The van der Waals surface area contributed by atoms with Gasteiger partial charge in [-0.3, -0.25) is 0 Å². The van der Waals surface area contributed by atoms with E-state index in [0.29, 0.717) is 37.4 Å². The topological polar surface area (TPSA) is 89.0 Å². The molecular weight excluding hydrogens is 824 g/mol. The van der Waals surface area contributed by atoms with Crippen molar-refractivity contribution >= 4 is 0 Å². The van der Waals surface area contributed by atoms with E-state index in [1.165, 1.54) is 13.8 Å². The van der Waals surface area contributed by atoms with Gasteiger partial charge in [0, 0.05) is 23.7 Å². The summed E-state index contributed by atoms with van der Waals surface area (Å²) in [5.41, 5.74) is 7.40. The molecule has 2 aliphatic heterocycles. The van der Waals surface area contributed by atoms with Crippen LogP contribution in [-0.2, 0) is 43.7 Å². The smallest absolute Gasteiger partial charge is 0.352 e. The van der Waals surface area contributed by atoms with Crippen molar-refractivity contribution in [2.75, 3.05) is 26.3 Å². The first-order valence-corrected chi connectivity index (χ1v) is 18.6. The lowest BCUT2D eigenvalue weighted by Gasteiger charge is -2.26. The molecule has 4 aromatic carbocycles. The molecule has 6 rings (SSSR count). The number of alkyl halides is 12. The first-order chi connectivity index (χ1) is 28.0. The highest BCUT2D eigenvalue weighted by molar-refractivity contribution is 5.36. The first-order valence-electron chi connectivity index (χ1n) is 18.6. The molecule has 8 atom stereocenters. The first kappa shape index (κ1) is 46.9. The molecule has 2 heterocycles. The van der Waals surface area contributed by atoms with Gasteiger partial charge in [0.1, 0.15) is 0 Å². The lowest BCUT2D eigenvalue weighted by atomic mass is 9.88. The van der Waals surface area contributed by atoms with Gasteiger partial charge in [-0.15, -0.1) is 0 Å². The molecule has 328 valence electrons. The maximum absolute atomic E-state index is 13.1. The average molecular weight is 867 g/mol. The van der Waals surface area contributed by atoms with E-state index in [0.717, 1.165) is 11.1 Å². The Bertz CT molecular complexity index is 1780. The van der Waals surface area contributed by atoms with Crippen molar-refractivity contribution in [1.29, 1.82) is 0 Å². The van der Waals surface area contributed by atoms with Crippen LogP contribution in [0.4, 0.5) is 52.7 Å². The fourth-order valence-corrected chi connectivity index (χ4v) is 7.17. The molecule has 0 amide bonds. The summed E-state index contributed by atoms with van der Waals surface area (Å²) >= 11 is 0. The second-order valence-corrected chi connectivity index (χ2v) is 14.5. The summed E-state index contributed by atoms with van der Waals surface area (Å²) in [4.78, 5) is 0. The molecule has 0 aromatic heterocycles. The van der Waals surface area contributed by atoms with Crippen molar-refractivity contribution in [3.05, 3.63) is 142 Å². The minimum absolute atomic E-state index is 0.0863. The normalized spacial score (nSPS) is 23.5. The Balaban J connectivity index is 0.000000228. The van der Waals surface area contributed by atoms with Gasteiger partial charge in [-0.1, -0.05) is 60.7 Å². The van der Waals surface area contributed by atoms with E-state index in [4.69, 9.17) is 30.4 Å². The molecule has 60 heavy (non-hydrogen) atoms. The van der Waals surface area contributed by atoms with Crippen LogP contribution >= 0.6 is 0 Å². The molecule has 0 aliphatic carbocycles. The monoisotopic (exact) mass is 866 g/mol. The van der Waals surface area contributed by atoms with Gasteiger partial charge < -0.3 is 30.4 Å². The highest BCUT2D eigenvalue weighted by atomic mass is 19.4. The number of benzene rings is 4. The molecule has 2 saturated heterocycles. The molecule has 0 bridgehead atoms. The second-order valence-electron chi connectivity index (χ2n) is 14.5. The van der Waals surface area contributed by atoms with Crippen molar-refractivity contribution in [2.24, 2.45) is 23.3 Å². The van der Waals surface area contributed by atoms with E-state index in [1.54, 1.807) is 0 Å². The number of hydrogen-bond donors (Lipinski definition) is 2. The predicted molar refractivity (Wildman–Crippen MR) is 195 cm³/mol. The second kappa shape index (κ2) is 18.8. The maximum atomic E-state index is 13.1. The molecule has 4 N–H and O–H groups in total. The van der Waals surface area contributed by atoms with Crippen LogP contribution in [0.25, 0.3) is 0 Å². The fraction of sp³-hybridized carbons (Fsp3) is 0.429. The van der Waals surface area contributed by atoms with Crippen molar-refractivity contribution in [3.8, 4) is 0 Å². The van der Waals surface area contributed by atoms with Crippen molar-refractivity contribution in [2.45, 2.75) is 75.2 Å². The third-order valence-corrected chi connectivity index (χ3v) is 10.4. The molecule has 4 aromatic rings. The van der Waals surface area contributed by atoms with Crippen LogP contribution in [0.2, 0.25) is 0 Å². The zero-order valence-corrected chi connectivity index (χ0v) is 32.0. The van der Waals surface area contributed by atoms with Crippen molar-refractivity contribution in [3.63, 3.8) is 0 Å². The van der Waals surface area contributed by atoms with Crippen LogP contribution in [-0.4, -0.2) is 38.9 Å². The Hall–Kier alpha value is -4.20. The summed E-state index contributed by atoms with van der Waals surface area (Å²) in [7, 11) is 0. The number of halogens is 12. The van der Waals surface area contributed by atoms with Crippen LogP contribution in [0.5, 0.6) is 0 Å². The Labute approximate surface area is 337 Å². The van der Waals surface area contributed by atoms with Gasteiger partial charge in [0.25, 0.3) is 0 Å². The Morgan fingerprint density at radius 1 is 0.500 bits per heavy atom. The van der Waals surface area contributed by atoms with Gasteiger partial charge in [0.2, 0.25) is 0 Å². The number of ether oxygens (including phenoxy) is 4.